The van der Waals surface area contributed by atoms with Crippen molar-refractivity contribution in [2.24, 2.45) is 5.92 Å². The normalized spacial score (nSPS) is 23.5. The lowest BCUT2D eigenvalue weighted by atomic mass is 9.93. The number of ether oxygens (including phenoxy) is 2. The Morgan fingerprint density at radius 3 is 2.68 bits per heavy atom. The number of carboxylic acids is 1. The van der Waals surface area contributed by atoms with Crippen molar-refractivity contribution in [3.05, 3.63) is 0 Å². The van der Waals surface area contributed by atoms with Crippen LogP contribution in [0.25, 0.3) is 0 Å². The Morgan fingerprint density at radius 2 is 1.95 bits per heavy atom. The summed E-state index contributed by atoms with van der Waals surface area (Å²) in [4.78, 5) is 24.7. The summed E-state index contributed by atoms with van der Waals surface area (Å²) in [5.41, 5.74) is 0. The van der Waals surface area contributed by atoms with E-state index in [1.807, 2.05) is 4.90 Å². The molecule has 1 unspecified atom stereocenters. The topological polar surface area (TPSA) is 76.1 Å². The smallest absolute Gasteiger partial charge is 0.303 e. The quantitative estimate of drug-likeness (QED) is 0.774. The van der Waals surface area contributed by atoms with Crippen LogP contribution in [0.3, 0.4) is 0 Å². The van der Waals surface area contributed by atoms with E-state index in [9.17, 15) is 9.59 Å². The fourth-order valence-electron chi connectivity index (χ4n) is 3.17. The first-order valence-corrected chi connectivity index (χ1v) is 8.34. The Labute approximate surface area is 131 Å². The Kier molecular flexibility index (Phi) is 7.12. The predicted molar refractivity (Wildman–Crippen MR) is 80.6 cm³/mol. The number of hydrogen-bond acceptors (Lipinski definition) is 4. The number of likely N-dealkylation sites (tertiary alicyclic amines) is 1. The van der Waals surface area contributed by atoms with Gasteiger partial charge in [0.1, 0.15) is 0 Å². The Balaban J connectivity index is 1.64. The zero-order chi connectivity index (χ0) is 15.8. The highest BCUT2D eigenvalue weighted by Crippen LogP contribution is 2.21. The van der Waals surface area contributed by atoms with Crippen molar-refractivity contribution in [1.82, 2.24) is 4.90 Å². The highest BCUT2D eigenvalue weighted by Gasteiger charge is 2.24. The van der Waals surface area contributed by atoms with Crippen molar-refractivity contribution in [2.45, 2.75) is 51.0 Å². The maximum Gasteiger partial charge on any atom is 0.303 e. The first-order chi connectivity index (χ1) is 10.6. The maximum absolute atomic E-state index is 12.2. The van der Waals surface area contributed by atoms with Crippen molar-refractivity contribution in [3.63, 3.8) is 0 Å². The Morgan fingerprint density at radius 1 is 1.18 bits per heavy atom. The van der Waals surface area contributed by atoms with Crippen LogP contribution in [0.5, 0.6) is 0 Å². The van der Waals surface area contributed by atoms with E-state index in [0.717, 1.165) is 45.4 Å². The number of hydrogen-bond donors (Lipinski definition) is 1. The van der Waals surface area contributed by atoms with Crippen LogP contribution in [0, 0.1) is 5.92 Å². The Hall–Kier alpha value is -1.14. The lowest BCUT2D eigenvalue weighted by Crippen LogP contribution is -2.40. The number of amides is 1. The van der Waals surface area contributed by atoms with Crippen molar-refractivity contribution >= 4 is 11.9 Å². The van der Waals surface area contributed by atoms with E-state index in [1.165, 1.54) is 0 Å². The summed E-state index contributed by atoms with van der Waals surface area (Å²) in [7, 11) is 0. The molecule has 0 aromatic heterocycles. The molecule has 0 bridgehead atoms. The number of piperidine rings is 1. The number of nitrogens with zero attached hydrogens (tertiary/aromatic N) is 1. The molecule has 1 atom stereocenters. The molecule has 0 saturated carbocycles. The van der Waals surface area contributed by atoms with Gasteiger partial charge in [0.05, 0.1) is 19.1 Å². The minimum Gasteiger partial charge on any atom is -0.481 e. The van der Waals surface area contributed by atoms with Gasteiger partial charge in [0.2, 0.25) is 5.91 Å². The van der Waals surface area contributed by atoms with E-state index in [-0.39, 0.29) is 18.4 Å². The van der Waals surface area contributed by atoms with Crippen molar-refractivity contribution in [2.75, 3.05) is 32.9 Å². The molecule has 1 N–H and O–H groups in total. The third-order valence-electron chi connectivity index (χ3n) is 4.48. The molecule has 6 heteroatoms. The summed E-state index contributed by atoms with van der Waals surface area (Å²) in [6, 6.07) is 0. The standard InChI is InChI=1S/C16H27NO5/c18-15(7-11-22-14-5-9-21-10-6-14)17-8-1-2-13(12-17)3-4-16(19)20/h13-14H,1-12H2,(H,19,20). The number of carbonyl (C=O) groups is 2. The van der Waals surface area contributed by atoms with Gasteiger partial charge in [-0.1, -0.05) is 0 Å². The predicted octanol–water partition coefficient (Wildman–Crippen LogP) is 1.68. The molecule has 22 heavy (non-hydrogen) atoms. The molecule has 2 rings (SSSR count). The van der Waals surface area contributed by atoms with Crippen LogP contribution < -0.4 is 0 Å². The summed E-state index contributed by atoms with van der Waals surface area (Å²) in [5.74, 6) is -0.300. The maximum atomic E-state index is 12.2. The number of carboxylic acid groups (broad SMARTS) is 1. The molecule has 2 aliphatic rings. The van der Waals surface area contributed by atoms with E-state index in [0.29, 0.717) is 31.9 Å². The lowest BCUT2D eigenvalue weighted by molar-refractivity contribution is -0.137. The molecule has 2 aliphatic heterocycles. The van der Waals surface area contributed by atoms with E-state index in [1.54, 1.807) is 0 Å². The zero-order valence-electron chi connectivity index (χ0n) is 13.2. The van der Waals surface area contributed by atoms with E-state index in [4.69, 9.17) is 14.6 Å². The van der Waals surface area contributed by atoms with Gasteiger partial charge in [-0.3, -0.25) is 9.59 Å². The first kappa shape index (κ1) is 17.2. The largest absolute Gasteiger partial charge is 0.481 e. The second-order valence-corrected chi connectivity index (χ2v) is 6.21. The molecule has 0 aromatic rings. The average Bonchev–Trinajstić information content (AvgIpc) is 2.54. The number of carbonyl (C=O) groups excluding carboxylic acids is 1. The van der Waals surface area contributed by atoms with Gasteiger partial charge < -0.3 is 19.5 Å². The van der Waals surface area contributed by atoms with Gasteiger partial charge >= 0.3 is 5.97 Å². The van der Waals surface area contributed by atoms with Crippen molar-refractivity contribution < 1.29 is 24.2 Å². The fraction of sp³-hybridized carbons (Fsp3) is 0.875. The highest BCUT2D eigenvalue weighted by molar-refractivity contribution is 5.76. The summed E-state index contributed by atoms with van der Waals surface area (Å²) in [6.07, 6.45) is 5.32. The first-order valence-electron chi connectivity index (χ1n) is 8.34. The third-order valence-corrected chi connectivity index (χ3v) is 4.48. The summed E-state index contributed by atoms with van der Waals surface area (Å²) in [5, 5.41) is 8.75. The van der Waals surface area contributed by atoms with Crippen LogP contribution in [0.4, 0.5) is 0 Å². The minimum absolute atomic E-state index is 0.132. The van der Waals surface area contributed by atoms with Gasteiger partial charge in [-0.05, 0) is 38.0 Å². The molecule has 0 radical (unpaired) electrons. The van der Waals surface area contributed by atoms with Gasteiger partial charge in [0, 0.05) is 32.7 Å². The minimum atomic E-state index is -0.756. The molecule has 2 fully saturated rings. The van der Waals surface area contributed by atoms with Crippen LogP contribution >= 0.6 is 0 Å². The van der Waals surface area contributed by atoms with Crippen LogP contribution in [-0.4, -0.2) is 60.9 Å². The van der Waals surface area contributed by atoms with Crippen molar-refractivity contribution in [1.29, 1.82) is 0 Å². The van der Waals surface area contributed by atoms with E-state index >= 15 is 0 Å². The molecule has 1 amide bonds. The SMILES string of the molecule is O=C(O)CCC1CCCN(C(=O)CCOC2CCOCC2)C1. The molecular formula is C16H27NO5. The van der Waals surface area contributed by atoms with Gasteiger partial charge in [0.15, 0.2) is 0 Å². The molecule has 0 spiro atoms. The summed E-state index contributed by atoms with van der Waals surface area (Å²) < 4.78 is 11.0. The van der Waals surface area contributed by atoms with Crippen LogP contribution in [0.2, 0.25) is 0 Å². The molecule has 0 aliphatic carbocycles. The fourth-order valence-corrected chi connectivity index (χ4v) is 3.17. The lowest BCUT2D eigenvalue weighted by Gasteiger charge is -2.33. The summed E-state index contributed by atoms with van der Waals surface area (Å²) >= 11 is 0. The third kappa shape index (κ3) is 5.93. The summed E-state index contributed by atoms with van der Waals surface area (Å²) in [6.45, 7) is 3.45. The highest BCUT2D eigenvalue weighted by atomic mass is 16.5. The number of rotatable bonds is 7. The van der Waals surface area contributed by atoms with E-state index < -0.39 is 5.97 Å². The van der Waals surface area contributed by atoms with Gasteiger partial charge in [-0.2, -0.15) is 0 Å². The Bertz CT molecular complexity index is 368. The second-order valence-electron chi connectivity index (χ2n) is 6.21. The van der Waals surface area contributed by atoms with Crippen LogP contribution in [0.15, 0.2) is 0 Å². The zero-order valence-corrected chi connectivity index (χ0v) is 13.2. The van der Waals surface area contributed by atoms with Gasteiger partial charge in [-0.15, -0.1) is 0 Å². The van der Waals surface area contributed by atoms with Gasteiger partial charge in [0.25, 0.3) is 0 Å². The molecule has 2 heterocycles. The van der Waals surface area contributed by atoms with Crippen LogP contribution in [0.1, 0.15) is 44.9 Å². The molecule has 2 saturated heterocycles. The monoisotopic (exact) mass is 313 g/mol. The average molecular weight is 313 g/mol. The number of aliphatic carboxylic acids is 1. The van der Waals surface area contributed by atoms with E-state index in [2.05, 4.69) is 0 Å². The molecular weight excluding hydrogens is 286 g/mol. The molecule has 0 aromatic carbocycles. The van der Waals surface area contributed by atoms with Gasteiger partial charge in [-0.25, -0.2) is 0 Å². The second kappa shape index (κ2) is 9.10. The van der Waals surface area contributed by atoms with Crippen LogP contribution in [-0.2, 0) is 19.1 Å². The molecule has 6 nitrogen and oxygen atoms in total. The molecule has 126 valence electrons. The van der Waals surface area contributed by atoms with Crippen molar-refractivity contribution in [3.8, 4) is 0 Å².